The van der Waals surface area contributed by atoms with Crippen molar-refractivity contribution in [2.45, 2.75) is 6.42 Å². The second-order valence-corrected chi connectivity index (χ2v) is 6.88. The maximum absolute atomic E-state index is 12.0. The standard InChI is InChI=1S/C21H20BrNO3/c1-23(2)21-12-7-17(22)13-16(21)6-11-20(26)14-19(25)10-5-15-3-8-18(24)9-4-15/h3-13,24H,14H2,1-2H3. The Bertz CT molecular complexity index is 852. The molecule has 4 nitrogen and oxygen atoms in total. The number of carbonyl (C=O) groups excluding carboxylic acids is 2. The molecule has 134 valence electrons. The zero-order valence-corrected chi connectivity index (χ0v) is 16.2. The molecule has 0 unspecified atom stereocenters. The second-order valence-electron chi connectivity index (χ2n) is 5.97. The number of ketones is 2. The molecule has 0 amide bonds. The van der Waals surface area contributed by atoms with Crippen molar-refractivity contribution in [2.24, 2.45) is 0 Å². The summed E-state index contributed by atoms with van der Waals surface area (Å²) in [4.78, 5) is 25.9. The highest BCUT2D eigenvalue weighted by atomic mass is 79.9. The summed E-state index contributed by atoms with van der Waals surface area (Å²) in [7, 11) is 3.86. The van der Waals surface area contributed by atoms with E-state index in [1.165, 1.54) is 12.2 Å². The third kappa shape index (κ3) is 6.01. The summed E-state index contributed by atoms with van der Waals surface area (Å²) in [5.74, 6) is -0.358. The number of allylic oxidation sites excluding steroid dienone is 2. The molecule has 0 heterocycles. The van der Waals surface area contributed by atoms with Gasteiger partial charge in [-0.05, 0) is 59.7 Å². The first-order chi connectivity index (χ1) is 12.3. The molecule has 0 aliphatic heterocycles. The van der Waals surface area contributed by atoms with E-state index in [1.54, 1.807) is 36.4 Å². The maximum Gasteiger partial charge on any atom is 0.163 e. The van der Waals surface area contributed by atoms with Crippen LogP contribution in [0.3, 0.4) is 0 Å². The second kappa shape index (κ2) is 9.15. The Morgan fingerprint density at radius 3 is 2.23 bits per heavy atom. The fraction of sp³-hybridized carbons (Fsp3) is 0.143. The Morgan fingerprint density at radius 1 is 1.00 bits per heavy atom. The van der Waals surface area contributed by atoms with Crippen molar-refractivity contribution in [3.63, 3.8) is 0 Å². The third-order valence-corrected chi connectivity index (χ3v) is 4.12. The number of nitrogens with zero attached hydrogens (tertiary/aromatic N) is 1. The molecule has 0 saturated carbocycles. The highest BCUT2D eigenvalue weighted by molar-refractivity contribution is 9.10. The van der Waals surface area contributed by atoms with Crippen LogP contribution in [0.25, 0.3) is 12.2 Å². The lowest BCUT2D eigenvalue weighted by molar-refractivity contribution is -0.121. The first-order valence-electron chi connectivity index (χ1n) is 8.03. The molecule has 2 rings (SSSR count). The van der Waals surface area contributed by atoms with Gasteiger partial charge >= 0.3 is 0 Å². The monoisotopic (exact) mass is 413 g/mol. The lowest BCUT2D eigenvalue weighted by Gasteiger charge is -2.15. The van der Waals surface area contributed by atoms with Gasteiger partial charge in [0.1, 0.15) is 5.75 Å². The number of halogens is 1. The fourth-order valence-corrected chi connectivity index (χ4v) is 2.69. The van der Waals surface area contributed by atoms with Crippen molar-refractivity contribution in [3.8, 4) is 5.75 Å². The van der Waals surface area contributed by atoms with Crippen molar-refractivity contribution in [2.75, 3.05) is 19.0 Å². The number of phenols is 1. The molecule has 0 fully saturated rings. The molecule has 5 heteroatoms. The zero-order valence-electron chi connectivity index (χ0n) is 14.6. The van der Waals surface area contributed by atoms with E-state index in [0.29, 0.717) is 0 Å². The van der Waals surface area contributed by atoms with Crippen LogP contribution in [0, 0.1) is 0 Å². The lowest BCUT2D eigenvalue weighted by atomic mass is 10.1. The molecular weight excluding hydrogens is 394 g/mol. The molecule has 2 aromatic rings. The minimum absolute atomic E-state index is 0.165. The predicted octanol–water partition coefficient (Wildman–Crippen LogP) is 4.48. The molecule has 0 bridgehead atoms. The molecule has 2 aromatic carbocycles. The van der Waals surface area contributed by atoms with Crippen LogP contribution in [-0.4, -0.2) is 30.8 Å². The molecule has 1 N–H and O–H groups in total. The SMILES string of the molecule is CN(C)c1ccc(Br)cc1C=CC(=O)CC(=O)C=Cc1ccc(O)cc1. The fourth-order valence-electron chi connectivity index (χ4n) is 2.31. The van der Waals surface area contributed by atoms with Gasteiger partial charge in [-0.2, -0.15) is 0 Å². The van der Waals surface area contributed by atoms with E-state index in [2.05, 4.69) is 15.9 Å². The van der Waals surface area contributed by atoms with Gasteiger partial charge < -0.3 is 10.0 Å². The molecule has 0 saturated heterocycles. The van der Waals surface area contributed by atoms with Crippen LogP contribution in [0.2, 0.25) is 0 Å². The summed E-state index contributed by atoms with van der Waals surface area (Å²) in [5, 5.41) is 9.23. The average Bonchev–Trinajstić information content (AvgIpc) is 2.59. The number of hydrogen-bond acceptors (Lipinski definition) is 4. The van der Waals surface area contributed by atoms with Crippen LogP contribution in [0.5, 0.6) is 5.75 Å². The summed E-state index contributed by atoms with van der Waals surface area (Å²) in [6.45, 7) is 0. The summed E-state index contributed by atoms with van der Waals surface area (Å²) in [6.07, 6.45) is 5.97. The van der Waals surface area contributed by atoms with Crippen LogP contribution in [0.15, 0.2) is 59.1 Å². The molecule has 0 atom stereocenters. The number of aromatic hydroxyl groups is 1. The van der Waals surface area contributed by atoms with Gasteiger partial charge in [0.25, 0.3) is 0 Å². The number of phenolic OH excluding ortho intramolecular Hbond substituents is 1. The summed E-state index contributed by atoms with van der Waals surface area (Å²) in [5.41, 5.74) is 2.66. The highest BCUT2D eigenvalue weighted by Crippen LogP contribution is 2.24. The Balaban J connectivity index is 2.00. The number of anilines is 1. The molecule has 0 aromatic heterocycles. The first-order valence-corrected chi connectivity index (χ1v) is 8.82. The molecule has 0 radical (unpaired) electrons. The normalized spacial score (nSPS) is 11.2. The smallest absolute Gasteiger partial charge is 0.163 e. The molecule has 0 aliphatic rings. The number of benzene rings is 2. The van der Waals surface area contributed by atoms with Crippen molar-refractivity contribution in [1.82, 2.24) is 0 Å². The van der Waals surface area contributed by atoms with Crippen molar-refractivity contribution in [3.05, 3.63) is 70.2 Å². The van der Waals surface area contributed by atoms with Gasteiger partial charge in [0, 0.05) is 24.3 Å². The van der Waals surface area contributed by atoms with E-state index < -0.39 is 0 Å². The van der Waals surface area contributed by atoms with Gasteiger partial charge in [0.05, 0.1) is 6.42 Å². The Kier molecular flexibility index (Phi) is 6.92. The van der Waals surface area contributed by atoms with Crippen LogP contribution in [0.1, 0.15) is 17.5 Å². The highest BCUT2D eigenvalue weighted by Gasteiger charge is 2.06. The number of rotatable bonds is 7. The summed E-state index contributed by atoms with van der Waals surface area (Å²) < 4.78 is 0.920. The van der Waals surface area contributed by atoms with E-state index in [0.717, 1.165) is 21.3 Å². The van der Waals surface area contributed by atoms with E-state index >= 15 is 0 Å². The predicted molar refractivity (Wildman–Crippen MR) is 109 cm³/mol. The lowest BCUT2D eigenvalue weighted by Crippen LogP contribution is -2.10. The van der Waals surface area contributed by atoms with E-state index in [-0.39, 0.29) is 23.7 Å². The van der Waals surface area contributed by atoms with Crippen molar-refractivity contribution >= 4 is 45.3 Å². The Hall–Kier alpha value is -2.66. The van der Waals surface area contributed by atoms with Crippen LogP contribution >= 0.6 is 15.9 Å². The Morgan fingerprint density at radius 2 is 1.62 bits per heavy atom. The molecule has 0 aliphatic carbocycles. The van der Waals surface area contributed by atoms with Crippen LogP contribution < -0.4 is 4.90 Å². The minimum atomic E-state index is -0.269. The van der Waals surface area contributed by atoms with E-state index in [1.807, 2.05) is 37.2 Å². The number of hydrogen-bond donors (Lipinski definition) is 1. The van der Waals surface area contributed by atoms with Gasteiger partial charge in [0.2, 0.25) is 0 Å². The largest absolute Gasteiger partial charge is 0.508 e. The van der Waals surface area contributed by atoms with Crippen LogP contribution in [0.4, 0.5) is 5.69 Å². The number of carbonyl (C=O) groups is 2. The van der Waals surface area contributed by atoms with Gasteiger partial charge in [0.15, 0.2) is 11.6 Å². The molecule has 26 heavy (non-hydrogen) atoms. The van der Waals surface area contributed by atoms with Crippen molar-refractivity contribution in [1.29, 1.82) is 0 Å². The van der Waals surface area contributed by atoms with E-state index in [4.69, 9.17) is 0 Å². The van der Waals surface area contributed by atoms with Gasteiger partial charge in [-0.25, -0.2) is 0 Å². The minimum Gasteiger partial charge on any atom is -0.508 e. The van der Waals surface area contributed by atoms with Gasteiger partial charge in [-0.15, -0.1) is 0 Å². The first kappa shape index (κ1) is 19.7. The topological polar surface area (TPSA) is 57.6 Å². The van der Waals surface area contributed by atoms with Gasteiger partial charge in [-0.1, -0.05) is 34.1 Å². The van der Waals surface area contributed by atoms with E-state index in [9.17, 15) is 14.7 Å². The van der Waals surface area contributed by atoms with Crippen LogP contribution in [-0.2, 0) is 9.59 Å². The summed E-state index contributed by atoms with van der Waals surface area (Å²) >= 11 is 3.42. The Labute approximate surface area is 161 Å². The average molecular weight is 414 g/mol. The quantitative estimate of drug-likeness (QED) is 0.537. The maximum atomic E-state index is 12.0. The summed E-state index contributed by atoms with van der Waals surface area (Å²) in [6, 6.07) is 12.3. The van der Waals surface area contributed by atoms with Crippen molar-refractivity contribution < 1.29 is 14.7 Å². The molecule has 0 spiro atoms. The zero-order chi connectivity index (χ0) is 19.1. The third-order valence-electron chi connectivity index (χ3n) is 3.62. The molecular formula is C21H20BrNO3. The van der Waals surface area contributed by atoms with Gasteiger partial charge in [-0.3, -0.25) is 9.59 Å².